The van der Waals surface area contributed by atoms with Crippen molar-refractivity contribution in [1.82, 2.24) is 15.3 Å². The first-order valence-electron chi connectivity index (χ1n) is 4.65. The summed E-state index contributed by atoms with van der Waals surface area (Å²) in [5.41, 5.74) is 6.59. The third-order valence-corrected chi connectivity index (χ3v) is 2.41. The number of nitrogens with zero attached hydrogens (tertiary/aromatic N) is 2. The molecule has 0 aliphatic carbocycles. The Bertz CT molecular complexity index is 286. The van der Waals surface area contributed by atoms with Crippen LogP contribution in [-0.4, -0.2) is 23.1 Å². The Hall–Kier alpha value is -0.870. The van der Waals surface area contributed by atoms with Crippen LogP contribution in [0.3, 0.4) is 0 Å². The lowest BCUT2D eigenvalue weighted by Gasteiger charge is -2.21. The highest BCUT2D eigenvalue weighted by Gasteiger charge is 2.16. The van der Waals surface area contributed by atoms with Crippen LogP contribution in [0.25, 0.3) is 0 Å². The SMILES string of the molecule is Cl.Nc1nccc(C2CCCNC2)n1. The van der Waals surface area contributed by atoms with Crippen LogP contribution in [0.2, 0.25) is 0 Å². The molecule has 78 valence electrons. The van der Waals surface area contributed by atoms with Gasteiger partial charge in [0.15, 0.2) is 0 Å². The molecule has 2 rings (SSSR count). The standard InChI is InChI=1S/C9H14N4.ClH/c10-9-12-5-3-8(13-9)7-2-1-4-11-6-7;/h3,5,7,11H,1-2,4,6H2,(H2,10,12,13);1H. The lowest BCUT2D eigenvalue weighted by atomic mass is 9.96. The number of rotatable bonds is 1. The van der Waals surface area contributed by atoms with E-state index in [0.717, 1.165) is 18.8 Å². The zero-order chi connectivity index (χ0) is 9.10. The largest absolute Gasteiger partial charge is 0.368 e. The number of aromatic nitrogens is 2. The van der Waals surface area contributed by atoms with Gasteiger partial charge in [0, 0.05) is 18.7 Å². The predicted octanol–water partition coefficient (Wildman–Crippen LogP) is 0.948. The van der Waals surface area contributed by atoms with E-state index in [4.69, 9.17) is 5.73 Å². The van der Waals surface area contributed by atoms with Gasteiger partial charge in [-0.15, -0.1) is 12.4 Å². The molecule has 1 fully saturated rings. The molecule has 0 bridgehead atoms. The van der Waals surface area contributed by atoms with Gasteiger partial charge < -0.3 is 11.1 Å². The molecule has 2 heterocycles. The van der Waals surface area contributed by atoms with Crippen molar-refractivity contribution in [3.63, 3.8) is 0 Å². The highest BCUT2D eigenvalue weighted by Crippen LogP contribution is 2.20. The third-order valence-electron chi connectivity index (χ3n) is 2.41. The van der Waals surface area contributed by atoms with Crippen LogP contribution in [0.5, 0.6) is 0 Å². The van der Waals surface area contributed by atoms with E-state index >= 15 is 0 Å². The molecule has 5 heteroatoms. The van der Waals surface area contributed by atoms with E-state index in [2.05, 4.69) is 15.3 Å². The smallest absolute Gasteiger partial charge is 0.220 e. The van der Waals surface area contributed by atoms with E-state index in [1.807, 2.05) is 6.07 Å². The summed E-state index contributed by atoms with van der Waals surface area (Å²) in [6, 6.07) is 1.95. The fourth-order valence-electron chi connectivity index (χ4n) is 1.72. The molecule has 1 aliphatic heterocycles. The molecule has 0 aromatic carbocycles. The molecule has 3 N–H and O–H groups in total. The van der Waals surface area contributed by atoms with Gasteiger partial charge in [0.1, 0.15) is 0 Å². The van der Waals surface area contributed by atoms with Crippen LogP contribution in [0.15, 0.2) is 12.3 Å². The van der Waals surface area contributed by atoms with Crippen molar-refractivity contribution in [3.05, 3.63) is 18.0 Å². The molecular weight excluding hydrogens is 200 g/mol. The molecule has 1 atom stereocenters. The van der Waals surface area contributed by atoms with Crippen LogP contribution in [0.1, 0.15) is 24.5 Å². The fraction of sp³-hybridized carbons (Fsp3) is 0.556. The molecule has 0 radical (unpaired) electrons. The van der Waals surface area contributed by atoms with Crippen LogP contribution in [0.4, 0.5) is 5.95 Å². The molecular formula is C9H15ClN4. The van der Waals surface area contributed by atoms with Gasteiger partial charge >= 0.3 is 0 Å². The Morgan fingerprint density at radius 1 is 1.50 bits per heavy atom. The monoisotopic (exact) mass is 214 g/mol. The first-order valence-corrected chi connectivity index (χ1v) is 4.65. The van der Waals surface area contributed by atoms with E-state index in [9.17, 15) is 0 Å². The maximum Gasteiger partial charge on any atom is 0.220 e. The van der Waals surface area contributed by atoms with Crippen molar-refractivity contribution >= 4 is 18.4 Å². The Morgan fingerprint density at radius 2 is 2.36 bits per heavy atom. The summed E-state index contributed by atoms with van der Waals surface area (Å²) in [6.07, 6.45) is 4.14. The molecule has 1 aromatic heterocycles. The molecule has 1 unspecified atom stereocenters. The van der Waals surface area contributed by atoms with Crippen molar-refractivity contribution < 1.29 is 0 Å². The summed E-state index contributed by atoms with van der Waals surface area (Å²) in [7, 11) is 0. The number of hydrogen-bond donors (Lipinski definition) is 2. The van der Waals surface area contributed by atoms with Crippen molar-refractivity contribution in [2.45, 2.75) is 18.8 Å². The second-order valence-electron chi connectivity index (χ2n) is 3.38. The van der Waals surface area contributed by atoms with Gasteiger partial charge in [0.05, 0.1) is 5.69 Å². The van der Waals surface area contributed by atoms with Gasteiger partial charge in [-0.25, -0.2) is 9.97 Å². The minimum absolute atomic E-state index is 0. The van der Waals surface area contributed by atoms with Gasteiger partial charge in [-0.3, -0.25) is 0 Å². The average Bonchev–Trinajstić information content (AvgIpc) is 2.19. The van der Waals surface area contributed by atoms with Crippen molar-refractivity contribution in [2.75, 3.05) is 18.8 Å². The topological polar surface area (TPSA) is 63.8 Å². The molecule has 0 spiro atoms. The molecule has 1 aromatic rings. The first kappa shape index (κ1) is 11.2. The number of hydrogen-bond acceptors (Lipinski definition) is 4. The van der Waals surface area contributed by atoms with Crippen molar-refractivity contribution in [3.8, 4) is 0 Å². The van der Waals surface area contributed by atoms with Gasteiger partial charge in [0.25, 0.3) is 0 Å². The highest BCUT2D eigenvalue weighted by molar-refractivity contribution is 5.85. The molecule has 0 saturated carbocycles. The van der Waals surface area contributed by atoms with Gasteiger partial charge in [0.2, 0.25) is 5.95 Å². The van der Waals surface area contributed by atoms with E-state index < -0.39 is 0 Å². The molecule has 0 amide bonds. The Morgan fingerprint density at radius 3 is 3.00 bits per heavy atom. The fourth-order valence-corrected chi connectivity index (χ4v) is 1.72. The second-order valence-corrected chi connectivity index (χ2v) is 3.38. The maximum atomic E-state index is 5.52. The van der Waals surface area contributed by atoms with E-state index in [1.165, 1.54) is 12.8 Å². The molecule has 1 saturated heterocycles. The summed E-state index contributed by atoms with van der Waals surface area (Å²) in [4.78, 5) is 8.10. The number of piperidine rings is 1. The quantitative estimate of drug-likeness (QED) is 0.731. The van der Waals surface area contributed by atoms with Gasteiger partial charge in [-0.1, -0.05) is 0 Å². The molecule has 14 heavy (non-hydrogen) atoms. The van der Waals surface area contributed by atoms with Crippen LogP contribution >= 0.6 is 12.4 Å². The van der Waals surface area contributed by atoms with E-state index in [-0.39, 0.29) is 12.4 Å². The zero-order valence-corrected chi connectivity index (χ0v) is 8.76. The van der Waals surface area contributed by atoms with Crippen molar-refractivity contribution in [2.24, 2.45) is 0 Å². The summed E-state index contributed by atoms with van der Waals surface area (Å²) < 4.78 is 0. The van der Waals surface area contributed by atoms with Crippen LogP contribution in [-0.2, 0) is 0 Å². The van der Waals surface area contributed by atoms with Crippen LogP contribution < -0.4 is 11.1 Å². The van der Waals surface area contributed by atoms with E-state index in [1.54, 1.807) is 6.20 Å². The number of anilines is 1. The number of nitrogen functional groups attached to an aromatic ring is 1. The third kappa shape index (κ3) is 2.56. The van der Waals surface area contributed by atoms with Gasteiger partial charge in [-0.2, -0.15) is 0 Å². The zero-order valence-electron chi connectivity index (χ0n) is 7.94. The predicted molar refractivity (Wildman–Crippen MR) is 58.5 cm³/mol. The van der Waals surface area contributed by atoms with Crippen molar-refractivity contribution in [1.29, 1.82) is 0 Å². The highest BCUT2D eigenvalue weighted by atomic mass is 35.5. The van der Waals surface area contributed by atoms with E-state index in [0.29, 0.717) is 11.9 Å². The molecule has 4 nitrogen and oxygen atoms in total. The second kappa shape index (κ2) is 5.12. The summed E-state index contributed by atoms with van der Waals surface area (Å²) in [5, 5.41) is 3.35. The average molecular weight is 215 g/mol. The normalized spacial score (nSPS) is 21.3. The van der Waals surface area contributed by atoms with Gasteiger partial charge in [-0.05, 0) is 25.5 Å². The number of halogens is 1. The van der Waals surface area contributed by atoms with Crippen LogP contribution in [0, 0.1) is 0 Å². The minimum atomic E-state index is 0. The number of nitrogens with two attached hydrogens (primary N) is 1. The Balaban J connectivity index is 0.000000980. The lowest BCUT2D eigenvalue weighted by Crippen LogP contribution is -2.28. The Labute approximate surface area is 89.7 Å². The minimum Gasteiger partial charge on any atom is -0.368 e. The summed E-state index contributed by atoms with van der Waals surface area (Å²) in [5.74, 6) is 0.891. The summed E-state index contributed by atoms with van der Waals surface area (Å²) >= 11 is 0. The Kier molecular flexibility index (Phi) is 4.10. The lowest BCUT2D eigenvalue weighted by molar-refractivity contribution is 0.454. The number of nitrogens with one attached hydrogen (secondary N) is 1. The first-order chi connectivity index (χ1) is 6.36. The molecule has 1 aliphatic rings. The summed E-state index contributed by atoms with van der Waals surface area (Å²) in [6.45, 7) is 2.13. The maximum absolute atomic E-state index is 5.52.